The number of rotatable bonds is 7. The van der Waals surface area contributed by atoms with Crippen LogP contribution in [-0.2, 0) is 0 Å². The molecule has 0 aromatic carbocycles. The van der Waals surface area contributed by atoms with Crippen molar-refractivity contribution in [2.45, 2.75) is 39.8 Å². The summed E-state index contributed by atoms with van der Waals surface area (Å²) in [4.78, 5) is 18.9. The van der Waals surface area contributed by atoms with Crippen LogP contribution in [0.25, 0.3) is 10.6 Å². The van der Waals surface area contributed by atoms with Gasteiger partial charge in [0.2, 0.25) is 0 Å². The van der Waals surface area contributed by atoms with Crippen LogP contribution in [0.15, 0.2) is 22.2 Å². The fourth-order valence-electron chi connectivity index (χ4n) is 2.40. The van der Waals surface area contributed by atoms with Crippen LogP contribution in [0, 0.1) is 0 Å². The molecule has 0 saturated carbocycles. The fourth-order valence-corrected chi connectivity index (χ4v) is 3.91. The van der Waals surface area contributed by atoms with Crippen molar-refractivity contribution < 1.29 is 4.79 Å². The van der Waals surface area contributed by atoms with Gasteiger partial charge in [0.1, 0.15) is 10.7 Å². The van der Waals surface area contributed by atoms with Crippen molar-refractivity contribution in [2.24, 2.45) is 0 Å². The van der Waals surface area contributed by atoms with Gasteiger partial charge in [-0.2, -0.15) is 11.3 Å². The largest absolute Gasteiger partial charge is 0.349 e. The van der Waals surface area contributed by atoms with E-state index in [9.17, 15) is 4.79 Å². The molecule has 0 aliphatic heterocycles. The predicted molar refractivity (Wildman–Crippen MR) is 94.7 cm³/mol. The quantitative estimate of drug-likeness (QED) is 0.837. The van der Waals surface area contributed by atoms with Gasteiger partial charge in [0, 0.05) is 41.5 Å². The summed E-state index contributed by atoms with van der Waals surface area (Å²) >= 11 is 3.14. The van der Waals surface area contributed by atoms with Gasteiger partial charge in [0.15, 0.2) is 0 Å². The van der Waals surface area contributed by atoms with Crippen molar-refractivity contribution in [1.29, 1.82) is 0 Å². The van der Waals surface area contributed by atoms with E-state index in [0.717, 1.165) is 17.1 Å². The second-order valence-corrected chi connectivity index (χ2v) is 7.37. The number of nitrogens with one attached hydrogen (secondary N) is 1. The zero-order chi connectivity index (χ0) is 16.1. The van der Waals surface area contributed by atoms with E-state index in [-0.39, 0.29) is 5.91 Å². The van der Waals surface area contributed by atoms with Crippen molar-refractivity contribution in [1.82, 2.24) is 15.2 Å². The highest BCUT2D eigenvalue weighted by Gasteiger charge is 2.15. The lowest BCUT2D eigenvalue weighted by Gasteiger charge is -2.30. The summed E-state index contributed by atoms with van der Waals surface area (Å²) in [5.41, 5.74) is 1.59. The molecule has 0 aliphatic carbocycles. The minimum Gasteiger partial charge on any atom is -0.349 e. The van der Waals surface area contributed by atoms with E-state index < -0.39 is 0 Å². The average Bonchev–Trinajstić information content (AvgIpc) is 3.11. The minimum atomic E-state index is -0.0924. The number of nitrogens with zero attached hydrogens (tertiary/aromatic N) is 2. The van der Waals surface area contributed by atoms with Crippen molar-refractivity contribution in [2.75, 3.05) is 13.1 Å². The molecule has 1 N–H and O–H groups in total. The van der Waals surface area contributed by atoms with Gasteiger partial charge in [0.05, 0.1) is 0 Å². The lowest BCUT2D eigenvalue weighted by Crippen LogP contribution is -2.42. The van der Waals surface area contributed by atoms with E-state index in [2.05, 4.69) is 42.9 Å². The standard InChI is InChI=1S/C16H23N3OS2/c1-11(2)19(12(3)4)7-6-17-15(20)14-10-22-16(18-14)13-5-8-21-9-13/h5,8-12H,6-7H2,1-4H3,(H,17,20). The topological polar surface area (TPSA) is 45.2 Å². The summed E-state index contributed by atoms with van der Waals surface area (Å²) in [6, 6.07) is 2.97. The first-order valence-electron chi connectivity index (χ1n) is 7.51. The summed E-state index contributed by atoms with van der Waals surface area (Å²) in [5.74, 6) is -0.0924. The Bertz CT molecular complexity index is 582. The third kappa shape index (κ3) is 4.38. The lowest BCUT2D eigenvalue weighted by atomic mass is 10.2. The van der Waals surface area contributed by atoms with Gasteiger partial charge in [-0.25, -0.2) is 4.98 Å². The Morgan fingerprint density at radius 3 is 2.59 bits per heavy atom. The number of carbonyl (C=O) groups is 1. The van der Waals surface area contributed by atoms with Gasteiger partial charge in [-0.3, -0.25) is 9.69 Å². The molecular weight excluding hydrogens is 314 g/mol. The van der Waals surface area contributed by atoms with Gasteiger partial charge >= 0.3 is 0 Å². The molecule has 120 valence electrons. The number of hydrogen-bond acceptors (Lipinski definition) is 5. The normalized spacial score (nSPS) is 11.6. The molecule has 0 spiro atoms. The first-order chi connectivity index (χ1) is 10.5. The van der Waals surface area contributed by atoms with Crippen LogP contribution in [0.3, 0.4) is 0 Å². The molecule has 0 bridgehead atoms. The van der Waals surface area contributed by atoms with Crippen LogP contribution in [0.4, 0.5) is 0 Å². The van der Waals surface area contributed by atoms with Gasteiger partial charge < -0.3 is 5.32 Å². The van der Waals surface area contributed by atoms with Crippen molar-refractivity contribution in [3.8, 4) is 10.6 Å². The van der Waals surface area contributed by atoms with E-state index in [0.29, 0.717) is 24.3 Å². The molecule has 2 heterocycles. The van der Waals surface area contributed by atoms with E-state index in [1.54, 1.807) is 11.3 Å². The first kappa shape index (κ1) is 17.1. The smallest absolute Gasteiger partial charge is 0.270 e. The van der Waals surface area contributed by atoms with Gasteiger partial charge in [0.25, 0.3) is 5.91 Å². The summed E-state index contributed by atoms with van der Waals surface area (Å²) in [6.07, 6.45) is 0. The number of carbonyl (C=O) groups excluding carboxylic acids is 1. The predicted octanol–water partition coefficient (Wildman–Crippen LogP) is 3.72. The van der Waals surface area contributed by atoms with Crippen LogP contribution in [0.5, 0.6) is 0 Å². The van der Waals surface area contributed by atoms with E-state index >= 15 is 0 Å². The Labute approximate surface area is 140 Å². The van der Waals surface area contributed by atoms with Gasteiger partial charge in [-0.05, 0) is 39.1 Å². The Morgan fingerprint density at radius 1 is 1.27 bits per heavy atom. The Kier molecular flexibility index (Phi) is 6.11. The van der Waals surface area contributed by atoms with Crippen molar-refractivity contribution in [3.63, 3.8) is 0 Å². The second-order valence-electron chi connectivity index (χ2n) is 5.73. The Morgan fingerprint density at radius 2 is 2.00 bits per heavy atom. The van der Waals surface area contributed by atoms with Crippen LogP contribution < -0.4 is 5.32 Å². The molecule has 0 fully saturated rings. The molecule has 2 aromatic rings. The van der Waals surface area contributed by atoms with Crippen LogP contribution in [0.2, 0.25) is 0 Å². The zero-order valence-corrected chi connectivity index (χ0v) is 15.1. The molecule has 0 atom stereocenters. The maximum atomic E-state index is 12.2. The number of thiazole rings is 1. The summed E-state index contributed by atoms with van der Waals surface area (Å²) < 4.78 is 0. The molecule has 4 nitrogen and oxygen atoms in total. The molecule has 2 rings (SSSR count). The van der Waals surface area contributed by atoms with Crippen molar-refractivity contribution >= 4 is 28.6 Å². The van der Waals surface area contributed by atoms with Gasteiger partial charge in [-0.15, -0.1) is 11.3 Å². The Balaban J connectivity index is 1.88. The summed E-state index contributed by atoms with van der Waals surface area (Å²) in [5, 5.41) is 9.75. The molecule has 0 unspecified atom stereocenters. The van der Waals surface area contributed by atoms with E-state index in [1.165, 1.54) is 11.3 Å². The highest BCUT2D eigenvalue weighted by atomic mass is 32.1. The van der Waals surface area contributed by atoms with Crippen LogP contribution >= 0.6 is 22.7 Å². The number of thiophene rings is 1. The maximum Gasteiger partial charge on any atom is 0.270 e. The van der Waals surface area contributed by atoms with E-state index in [1.807, 2.05) is 22.2 Å². The number of hydrogen-bond donors (Lipinski definition) is 1. The molecule has 1 amide bonds. The minimum absolute atomic E-state index is 0.0924. The highest BCUT2D eigenvalue weighted by Crippen LogP contribution is 2.25. The number of amides is 1. The zero-order valence-electron chi connectivity index (χ0n) is 13.5. The Hall–Kier alpha value is -1.24. The van der Waals surface area contributed by atoms with Crippen LogP contribution in [-0.4, -0.2) is 41.0 Å². The first-order valence-corrected chi connectivity index (χ1v) is 9.33. The van der Waals surface area contributed by atoms with Crippen molar-refractivity contribution in [3.05, 3.63) is 27.9 Å². The fraction of sp³-hybridized carbons (Fsp3) is 0.500. The molecule has 22 heavy (non-hydrogen) atoms. The number of aromatic nitrogens is 1. The average molecular weight is 338 g/mol. The molecule has 2 aromatic heterocycles. The van der Waals surface area contributed by atoms with E-state index in [4.69, 9.17) is 0 Å². The second kappa shape index (κ2) is 7.85. The summed E-state index contributed by atoms with van der Waals surface area (Å²) in [6.45, 7) is 10.2. The van der Waals surface area contributed by atoms with Crippen LogP contribution in [0.1, 0.15) is 38.2 Å². The molecule has 0 radical (unpaired) electrons. The highest BCUT2D eigenvalue weighted by molar-refractivity contribution is 7.14. The molecule has 0 saturated heterocycles. The third-order valence-electron chi connectivity index (χ3n) is 3.49. The maximum absolute atomic E-state index is 12.2. The lowest BCUT2D eigenvalue weighted by molar-refractivity contribution is 0.0935. The SMILES string of the molecule is CC(C)N(CCNC(=O)c1csc(-c2ccsc2)n1)C(C)C. The van der Waals surface area contributed by atoms with Gasteiger partial charge in [-0.1, -0.05) is 0 Å². The molecule has 6 heteroatoms. The molecular formula is C16H23N3OS2. The molecule has 0 aliphatic rings. The monoisotopic (exact) mass is 337 g/mol. The third-order valence-corrected chi connectivity index (χ3v) is 5.06. The summed E-state index contributed by atoms with van der Waals surface area (Å²) in [7, 11) is 0.